The van der Waals surface area contributed by atoms with E-state index in [9.17, 15) is 13.2 Å². The highest BCUT2D eigenvalue weighted by Crippen LogP contribution is 2.27. The summed E-state index contributed by atoms with van der Waals surface area (Å²) in [4.78, 5) is 13.5. The maximum Gasteiger partial charge on any atom is 0.240 e. The standard InChI is InChI=1S/C17H19ClN2O4S/c1-13(21)20(16-8-3-4-9-17(16)24-2)11-10-19-25(22,23)15-7-5-6-14(18)12-15/h3-9,12,19H,10-11H2,1-2H3. The van der Waals surface area contributed by atoms with Crippen molar-refractivity contribution in [2.45, 2.75) is 11.8 Å². The molecule has 6 nitrogen and oxygen atoms in total. The maximum atomic E-state index is 12.3. The lowest BCUT2D eigenvalue weighted by molar-refractivity contribution is -0.116. The van der Waals surface area contributed by atoms with E-state index in [0.717, 1.165) is 0 Å². The van der Waals surface area contributed by atoms with Gasteiger partial charge < -0.3 is 9.64 Å². The van der Waals surface area contributed by atoms with Crippen LogP contribution in [0.2, 0.25) is 5.02 Å². The van der Waals surface area contributed by atoms with Gasteiger partial charge in [-0.05, 0) is 30.3 Å². The fourth-order valence-corrected chi connectivity index (χ4v) is 3.63. The molecule has 0 aliphatic rings. The molecule has 25 heavy (non-hydrogen) atoms. The molecule has 0 fully saturated rings. The summed E-state index contributed by atoms with van der Waals surface area (Å²) in [6, 6.07) is 13.0. The Morgan fingerprint density at radius 3 is 2.56 bits per heavy atom. The van der Waals surface area contributed by atoms with Crippen molar-refractivity contribution in [3.63, 3.8) is 0 Å². The third kappa shape index (κ3) is 4.94. The van der Waals surface area contributed by atoms with Crippen LogP contribution in [0.25, 0.3) is 0 Å². The number of carbonyl (C=O) groups is 1. The fraction of sp³-hybridized carbons (Fsp3) is 0.235. The summed E-state index contributed by atoms with van der Waals surface area (Å²) >= 11 is 5.83. The van der Waals surface area contributed by atoms with E-state index in [1.54, 1.807) is 36.4 Å². The molecule has 8 heteroatoms. The zero-order valence-electron chi connectivity index (χ0n) is 13.9. The van der Waals surface area contributed by atoms with Gasteiger partial charge in [0, 0.05) is 25.0 Å². The Balaban J connectivity index is 2.11. The Morgan fingerprint density at radius 1 is 1.20 bits per heavy atom. The first-order chi connectivity index (χ1) is 11.8. The number of nitrogens with one attached hydrogen (secondary N) is 1. The smallest absolute Gasteiger partial charge is 0.240 e. The SMILES string of the molecule is COc1ccccc1N(CCNS(=O)(=O)c1cccc(Cl)c1)C(C)=O. The van der Waals surface area contributed by atoms with E-state index >= 15 is 0 Å². The summed E-state index contributed by atoms with van der Waals surface area (Å²) in [6.45, 7) is 1.62. The largest absolute Gasteiger partial charge is 0.495 e. The number of hydrogen-bond acceptors (Lipinski definition) is 4. The predicted octanol–water partition coefficient (Wildman–Crippen LogP) is 2.68. The van der Waals surface area contributed by atoms with Crippen molar-refractivity contribution in [1.29, 1.82) is 0 Å². The second kappa shape index (κ2) is 8.33. The Morgan fingerprint density at radius 2 is 1.92 bits per heavy atom. The highest BCUT2D eigenvalue weighted by atomic mass is 35.5. The molecule has 0 saturated carbocycles. The molecule has 0 spiro atoms. The summed E-state index contributed by atoms with van der Waals surface area (Å²) < 4.78 is 32.3. The van der Waals surface area contributed by atoms with Crippen LogP contribution in [-0.2, 0) is 14.8 Å². The minimum absolute atomic E-state index is 0.0481. The van der Waals surface area contributed by atoms with Gasteiger partial charge in [-0.25, -0.2) is 13.1 Å². The van der Waals surface area contributed by atoms with Crippen LogP contribution in [0.15, 0.2) is 53.4 Å². The van der Waals surface area contributed by atoms with Crippen molar-refractivity contribution >= 4 is 33.2 Å². The molecule has 2 aromatic rings. The van der Waals surface area contributed by atoms with Gasteiger partial charge in [-0.15, -0.1) is 0 Å². The molecule has 1 N–H and O–H groups in total. The first kappa shape index (κ1) is 19.2. The van der Waals surface area contributed by atoms with Crippen LogP contribution in [0.5, 0.6) is 5.75 Å². The van der Waals surface area contributed by atoms with E-state index in [2.05, 4.69) is 4.72 Å². The molecule has 0 aliphatic heterocycles. The number of hydrogen-bond donors (Lipinski definition) is 1. The molecule has 0 heterocycles. The molecule has 0 unspecified atom stereocenters. The third-order valence-corrected chi connectivity index (χ3v) is 5.18. The van der Waals surface area contributed by atoms with Gasteiger partial charge in [-0.2, -0.15) is 0 Å². The van der Waals surface area contributed by atoms with Gasteiger partial charge in [0.25, 0.3) is 0 Å². The average molecular weight is 383 g/mol. The number of ether oxygens (including phenoxy) is 1. The van der Waals surface area contributed by atoms with E-state index in [0.29, 0.717) is 16.5 Å². The van der Waals surface area contributed by atoms with Crippen LogP contribution < -0.4 is 14.4 Å². The normalized spacial score (nSPS) is 11.2. The second-order valence-electron chi connectivity index (χ2n) is 5.20. The number of methoxy groups -OCH3 is 1. The highest BCUT2D eigenvalue weighted by molar-refractivity contribution is 7.89. The van der Waals surface area contributed by atoms with E-state index in [4.69, 9.17) is 16.3 Å². The quantitative estimate of drug-likeness (QED) is 0.798. The van der Waals surface area contributed by atoms with Gasteiger partial charge in [-0.3, -0.25) is 4.79 Å². The van der Waals surface area contributed by atoms with E-state index < -0.39 is 10.0 Å². The van der Waals surface area contributed by atoms with Gasteiger partial charge in [0.15, 0.2) is 0 Å². The van der Waals surface area contributed by atoms with Crippen molar-refractivity contribution in [2.75, 3.05) is 25.1 Å². The molecule has 2 rings (SSSR count). The topological polar surface area (TPSA) is 75.7 Å². The summed E-state index contributed by atoms with van der Waals surface area (Å²) in [5, 5.41) is 0.335. The lowest BCUT2D eigenvalue weighted by Gasteiger charge is -2.23. The number of rotatable bonds is 7. The van der Waals surface area contributed by atoms with Crippen molar-refractivity contribution in [3.05, 3.63) is 53.6 Å². The van der Waals surface area contributed by atoms with Crippen LogP contribution in [0.4, 0.5) is 5.69 Å². The summed E-state index contributed by atoms with van der Waals surface area (Å²) in [5.41, 5.74) is 0.583. The lowest BCUT2D eigenvalue weighted by atomic mass is 10.2. The molecule has 2 aromatic carbocycles. The van der Waals surface area contributed by atoms with Crippen LogP contribution in [-0.4, -0.2) is 34.5 Å². The molecule has 134 valence electrons. The second-order valence-corrected chi connectivity index (χ2v) is 7.40. The third-order valence-electron chi connectivity index (χ3n) is 3.49. The minimum atomic E-state index is -3.71. The van der Waals surface area contributed by atoms with Gasteiger partial charge in [0.2, 0.25) is 15.9 Å². The van der Waals surface area contributed by atoms with Gasteiger partial charge in [0.1, 0.15) is 5.75 Å². The maximum absolute atomic E-state index is 12.3. The van der Waals surface area contributed by atoms with Crippen LogP contribution in [0.1, 0.15) is 6.92 Å². The summed E-state index contributed by atoms with van der Waals surface area (Å²) in [7, 11) is -2.19. The Hall–Kier alpha value is -2.09. The highest BCUT2D eigenvalue weighted by Gasteiger charge is 2.18. The van der Waals surface area contributed by atoms with Crippen molar-refractivity contribution < 1.29 is 17.9 Å². The van der Waals surface area contributed by atoms with E-state index in [-0.39, 0.29) is 23.9 Å². The van der Waals surface area contributed by atoms with Gasteiger partial charge >= 0.3 is 0 Å². The first-order valence-electron chi connectivity index (χ1n) is 7.51. The molecule has 0 aromatic heterocycles. The number of amides is 1. The minimum Gasteiger partial charge on any atom is -0.495 e. The number of carbonyl (C=O) groups excluding carboxylic acids is 1. The Kier molecular flexibility index (Phi) is 6.41. The molecule has 0 radical (unpaired) electrons. The number of nitrogens with zero attached hydrogens (tertiary/aromatic N) is 1. The zero-order chi connectivity index (χ0) is 18.4. The number of benzene rings is 2. The zero-order valence-corrected chi connectivity index (χ0v) is 15.5. The first-order valence-corrected chi connectivity index (χ1v) is 9.37. The molecular weight excluding hydrogens is 364 g/mol. The van der Waals surface area contributed by atoms with Crippen LogP contribution in [0, 0.1) is 0 Å². The summed E-state index contributed by atoms with van der Waals surface area (Å²) in [5.74, 6) is 0.321. The molecular formula is C17H19ClN2O4S. The molecule has 1 amide bonds. The Bertz CT molecular complexity index is 855. The number of para-hydroxylation sites is 2. The lowest BCUT2D eigenvalue weighted by Crippen LogP contribution is -2.37. The number of anilines is 1. The van der Waals surface area contributed by atoms with Crippen molar-refractivity contribution in [1.82, 2.24) is 4.72 Å². The van der Waals surface area contributed by atoms with Crippen LogP contribution >= 0.6 is 11.6 Å². The summed E-state index contributed by atoms with van der Waals surface area (Å²) in [6.07, 6.45) is 0. The van der Waals surface area contributed by atoms with Gasteiger partial charge in [0.05, 0.1) is 17.7 Å². The number of halogens is 1. The van der Waals surface area contributed by atoms with Crippen LogP contribution in [0.3, 0.4) is 0 Å². The van der Waals surface area contributed by atoms with E-state index in [1.165, 1.54) is 31.1 Å². The van der Waals surface area contributed by atoms with E-state index in [1.807, 2.05) is 0 Å². The molecule has 0 bridgehead atoms. The van der Waals surface area contributed by atoms with Gasteiger partial charge in [-0.1, -0.05) is 29.8 Å². The fourth-order valence-electron chi connectivity index (χ4n) is 2.31. The molecule has 0 saturated heterocycles. The number of sulfonamides is 1. The molecule has 0 aliphatic carbocycles. The molecule has 0 atom stereocenters. The van der Waals surface area contributed by atoms with Crippen molar-refractivity contribution in [3.8, 4) is 5.75 Å². The Labute approximate surface area is 152 Å². The van der Waals surface area contributed by atoms with Crippen molar-refractivity contribution in [2.24, 2.45) is 0 Å². The average Bonchev–Trinajstić information content (AvgIpc) is 2.58. The predicted molar refractivity (Wildman–Crippen MR) is 97.7 cm³/mol. The monoisotopic (exact) mass is 382 g/mol.